The van der Waals surface area contributed by atoms with Gasteiger partial charge in [-0.2, -0.15) is 13.2 Å². The van der Waals surface area contributed by atoms with Crippen LogP contribution < -0.4 is 0 Å². The molecule has 1 aromatic rings. The van der Waals surface area contributed by atoms with E-state index in [1.165, 1.54) is 0 Å². The number of hydrogen-bond acceptors (Lipinski definition) is 4. The molecule has 1 aliphatic carbocycles. The van der Waals surface area contributed by atoms with Crippen LogP contribution in [0.1, 0.15) is 43.7 Å². The molecule has 0 aromatic heterocycles. The molecule has 4 nitrogen and oxygen atoms in total. The third-order valence-electron chi connectivity index (χ3n) is 4.30. The van der Waals surface area contributed by atoms with Crippen LogP contribution in [0.15, 0.2) is 24.3 Å². The highest BCUT2D eigenvalue weighted by Gasteiger charge is 2.50. The summed E-state index contributed by atoms with van der Waals surface area (Å²) in [5.41, 5.74) is -3.22. The number of esters is 1. The van der Waals surface area contributed by atoms with Crippen LogP contribution in [0.3, 0.4) is 0 Å². The first kappa shape index (κ1) is 18.4. The first-order valence-electron chi connectivity index (χ1n) is 7.81. The van der Waals surface area contributed by atoms with Gasteiger partial charge < -0.3 is 9.84 Å². The monoisotopic (exact) mass is 344 g/mol. The van der Waals surface area contributed by atoms with E-state index in [4.69, 9.17) is 4.74 Å². The van der Waals surface area contributed by atoms with E-state index in [9.17, 15) is 27.9 Å². The van der Waals surface area contributed by atoms with Gasteiger partial charge in [0.2, 0.25) is 0 Å². The fourth-order valence-electron chi connectivity index (χ4n) is 3.04. The Bertz CT molecular complexity index is 609. The summed E-state index contributed by atoms with van der Waals surface area (Å²) in [6.45, 7) is 1.54. The van der Waals surface area contributed by atoms with Crippen LogP contribution in [0.5, 0.6) is 0 Å². The number of aliphatic hydroxyl groups is 1. The van der Waals surface area contributed by atoms with Gasteiger partial charge in [0.05, 0.1) is 18.1 Å². The van der Waals surface area contributed by atoms with Gasteiger partial charge in [-0.1, -0.05) is 18.6 Å². The molecular weight excluding hydrogens is 325 g/mol. The molecule has 0 aliphatic heterocycles. The average Bonchev–Trinajstić information content (AvgIpc) is 2.54. The van der Waals surface area contributed by atoms with Crippen molar-refractivity contribution >= 4 is 11.8 Å². The summed E-state index contributed by atoms with van der Waals surface area (Å²) >= 11 is 0. The predicted octanol–water partition coefficient (Wildman–Crippen LogP) is 3.22. The largest absolute Gasteiger partial charge is 0.464 e. The van der Waals surface area contributed by atoms with Crippen LogP contribution >= 0.6 is 0 Å². The highest BCUT2D eigenvalue weighted by molar-refractivity contribution is 5.92. The first-order valence-corrected chi connectivity index (χ1v) is 7.81. The van der Waals surface area contributed by atoms with Crippen molar-refractivity contribution in [1.29, 1.82) is 0 Å². The number of hydrogen-bond donors (Lipinski definition) is 1. The van der Waals surface area contributed by atoms with Crippen molar-refractivity contribution in [3.05, 3.63) is 35.4 Å². The summed E-state index contributed by atoms with van der Waals surface area (Å²) < 4.78 is 43.0. The number of alkyl halides is 3. The van der Waals surface area contributed by atoms with Crippen molar-refractivity contribution < 1.29 is 32.6 Å². The summed E-state index contributed by atoms with van der Waals surface area (Å²) in [5, 5.41) is 11.0. The number of halogens is 3. The van der Waals surface area contributed by atoms with E-state index in [0.717, 1.165) is 24.3 Å². The molecule has 0 heterocycles. The quantitative estimate of drug-likeness (QED) is 0.852. The molecule has 2 rings (SSSR count). The Morgan fingerprint density at radius 3 is 2.29 bits per heavy atom. The average molecular weight is 344 g/mol. The lowest BCUT2D eigenvalue weighted by atomic mass is 9.72. The van der Waals surface area contributed by atoms with E-state index in [1.807, 2.05) is 0 Å². The van der Waals surface area contributed by atoms with Gasteiger partial charge in [0.15, 0.2) is 5.60 Å². The molecule has 1 aromatic carbocycles. The molecular formula is C17H19F3O4. The Hall–Kier alpha value is -1.89. The van der Waals surface area contributed by atoms with Gasteiger partial charge in [0, 0.05) is 6.42 Å². The minimum Gasteiger partial charge on any atom is -0.464 e. The summed E-state index contributed by atoms with van der Waals surface area (Å²) in [7, 11) is 0. The van der Waals surface area contributed by atoms with Crippen LogP contribution in [0.2, 0.25) is 0 Å². The maximum Gasteiger partial charge on any atom is 0.416 e. The third kappa shape index (κ3) is 3.45. The highest BCUT2D eigenvalue weighted by Crippen LogP contribution is 2.39. The fraction of sp³-hybridized carbons (Fsp3) is 0.529. The van der Waals surface area contributed by atoms with Crippen LogP contribution in [-0.2, 0) is 26.1 Å². The third-order valence-corrected chi connectivity index (χ3v) is 4.30. The minimum atomic E-state index is -4.53. The number of carbonyl (C=O) groups is 2. The van der Waals surface area contributed by atoms with Gasteiger partial charge in [0.1, 0.15) is 5.78 Å². The zero-order chi connectivity index (χ0) is 18.0. The number of rotatable bonds is 4. The summed E-state index contributed by atoms with van der Waals surface area (Å²) in [6.07, 6.45) is -2.69. The molecule has 132 valence electrons. The molecule has 1 fully saturated rings. The molecule has 0 bridgehead atoms. The second-order valence-electron chi connectivity index (χ2n) is 5.83. The molecule has 7 heteroatoms. The van der Waals surface area contributed by atoms with E-state index >= 15 is 0 Å². The van der Waals surface area contributed by atoms with Gasteiger partial charge >= 0.3 is 12.1 Å². The zero-order valence-corrected chi connectivity index (χ0v) is 13.2. The zero-order valence-electron chi connectivity index (χ0n) is 13.2. The Balaban J connectivity index is 2.46. The Kier molecular flexibility index (Phi) is 5.32. The van der Waals surface area contributed by atoms with Crippen molar-refractivity contribution in [2.24, 2.45) is 5.92 Å². The molecule has 0 saturated heterocycles. The van der Waals surface area contributed by atoms with Crippen molar-refractivity contribution in [3.8, 4) is 0 Å². The standard InChI is InChI=1S/C17H19F3O4/c1-2-24-15(22)16(23,13-5-3-4-6-14(13)21)11-7-9-12(10-8-11)17(18,19)20/h7-10,13,23H,2-6H2,1H3/t13?,16-/m1/s1. The molecule has 1 N–H and O–H groups in total. The molecule has 24 heavy (non-hydrogen) atoms. The van der Waals surface area contributed by atoms with Crippen LogP contribution in [-0.4, -0.2) is 23.5 Å². The molecule has 0 amide bonds. The van der Waals surface area contributed by atoms with Crippen molar-refractivity contribution in [3.63, 3.8) is 0 Å². The maximum absolute atomic E-state index is 12.7. The summed E-state index contributed by atoms with van der Waals surface area (Å²) in [5.74, 6) is -2.30. The maximum atomic E-state index is 12.7. The van der Waals surface area contributed by atoms with E-state index in [-0.39, 0.29) is 30.8 Å². The highest BCUT2D eigenvalue weighted by atomic mass is 19.4. The first-order chi connectivity index (χ1) is 11.2. The Morgan fingerprint density at radius 2 is 1.79 bits per heavy atom. The van der Waals surface area contributed by atoms with E-state index in [1.54, 1.807) is 6.92 Å². The summed E-state index contributed by atoms with van der Waals surface area (Å²) in [4.78, 5) is 24.5. The number of ketones is 1. The van der Waals surface area contributed by atoms with Gasteiger partial charge in [-0.3, -0.25) is 4.79 Å². The number of ether oxygens (including phenoxy) is 1. The second-order valence-corrected chi connectivity index (χ2v) is 5.83. The lowest BCUT2D eigenvalue weighted by Gasteiger charge is -2.35. The van der Waals surface area contributed by atoms with Gasteiger partial charge in [-0.15, -0.1) is 0 Å². The predicted molar refractivity (Wildman–Crippen MR) is 78.9 cm³/mol. The van der Waals surface area contributed by atoms with E-state index < -0.39 is 29.2 Å². The smallest absolute Gasteiger partial charge is 0.416 e. The van der Waals surface area contributed by atoms with Crippen molar-refractivity contribution in [2.75, 3.05) is 6.61 Å². The van der Waals surface area contributed by atoms with Crippen molar-refractivity contribution in [1.82, 2.24) is 0 Å². The Morgan fingerprint density at radius 1 is 1.21 bits per heavy atom. The molecule has 0 spiro atoms. The lowest BCUT2D eigenvalue weighted by Crippen LogP contribution is -2.48. The number of Topliss-reactive ketones (excluding diaryl/α,β-unsaturated/α-hetero) is 1. The topological polar surface area (TPSA) is 63.6 Å². The van der Waals surface area contributed by atoms with Gasteiger partial charge in [0.25, 0.3) is 0 Å². The molecule has 1 unspecified atom stereocenters. The number of carbonyl (C=O) groups excluding carboxylic acids is 2. The van der Waals surface area contributed by atoms with Crippen LogP contribution in [0.25, 0.3) is 0 Å². The van der Waals surface area contributed by atoms with Crippen LogP contribution in [0.4, 0.5) is 13.2 Å². The Labute approximate surface area is 137 Å². The van der Waals surface area contributed by atoms with Gasteiger partial charge in [-0.05, 0) is 37.5 Å². The van der Waals surface area contributed by atoms with E-state index in [2.05, 4.69) is 0 Å². The van der Waals surface area contributed by atoms with E-state index in [0.29, 0.717) is 12.8 Å². The lowest BCUT2D eigenvalue weighted by molar-refractivity contribution is -0.177. The minimum absolute atomic E-state index is 0.0112. The molecule has 1 aliphatic rings. The normalized spacial score (nSPS) is 21.2. The fourth-order valence-corrected chi connectivity index (χ4v) is 3.04. The molecule has 2 atom stereocenters. The molecule has 0 radical (unpaired) electrons. The van der Waals surface area contributed by atoms with Crippen LogP contribution in [0, 0.1) is 5.92 Å². The molecule has 1 saturated carbocycles. The number of benzene rings is 1. The second kappa shape index (κ2) is 6.93. The SMILES string of the molecule is CCOC(=O)[C@@](O)(c1ccc(C(F)(F)F)cc1)C1CCCCC1=O. The van der Waals surface area contributed by atoms with Gasteiger partial charge in [-0.25, -0.2) is 4.79 Å². The van der Waals surface area contributed by atoms with Crippen molar-refractivity contribution in [2.45, 2.75) is 44.4 Å². The summed E-state index contributed by atoms with van der Waals surface area (Å²) in [6, 6.07) is 3.63.